The second-order valence-corrected chi connectivity index (χ2v) is 8.29. The minimum atomic E-state index is -4.63. The highest BCUT2D eigenvalue weighted by Gasteiger charge is 2.31. The van der Waals surface area contributed by atoms with Crippen molar-refractivity contribution in [3.63, 3.8) is 0 Å². The number of ether oxygens (including phenoxy) is 2. The number of carbonyl (C=O) groups is 1. The number of benzene rings is 2. The predicted molar refractivity (Wildman–Crippen MR) is 106 cm³/mol. The van der Waals surface area contributed by atoms with Crippen LogP contribution in [0.15, 0.2) is 41.3 Å². The number of hydrogen-bond acceptors (Lipinski definition) is 5. The molecule has 0 fully saturated rings. The number of alkyl halides is 3. The zero-order valence-corrected chi connectivity index (χ0v) is 17.2. The zero-order valence-electron chi connectivity index (χ0n) is 16.4. The normalized spacial score (nSPS) is 12.9. The van der Waals surface area contributed by atoms with Gasteiger partial charge in [0.1, 0.15) is 5.75 Å². The van der Waals surface area contributed by atoms with Gasteiger partial charge in [-0.1, -0.05) is 11.8 Å². The Kier molecular flexibility index (Phi) is 6.45. The molecule has 6 nitrogen and oxygen atoms in total. The van der Waals surface area contributed by atoms with E-state index in [2.05, 4.69) is 21.3 Å². The van der Waals surface area contributed by atoms with Gasteiger partial charge < -0.3 is 9.47 Å². The van der Waals surface area contributed by atoms with Crippen molar-refractivity contribution in [1.82, 2.24) is 0 Å². The third kappa shape index (κ3) is 5.49. The van der Waals surface area contributed by atoms with Gasteiger partial charge in [-0.15, -0.1) is 0 Å². The fraction of sp³-hybridized carbons (Fsp3) is 0.286. The summed E-state index contributed by atoms with van der Waals surface area (Å²) in [7, 11) is -2.87. The number of halogens is 3. The summed E-state index contributed by atoms with van der Waals surface area (Å²) in [6.45, 7) is 0.455. The van der Waals surface area contributed by atoms with Gasteiger partial charge in [-0.25, -0.2) is 8.42 Å². The lowest BCUT2D eigenvalue weighted by Gasteiger charge is -2.13. The molecule has 2 aromatic rings. The van der Waals surface area contributed by atoms with Crippen molar-refractivity contribution < 1.29 is 35.9 Å². The van der Waals surface area contributed by atoms with Crippen LogP contribution in [0.4, 0.5) is 18.9 Å². The number of esters is 1. The van der Waals surface area contributed by atoms with Crippen molar-refractivity contribution in [2.75, 3.05) is 18.4 Å². The van der Waals surface area contributed by atoms with E-state index in [4.69, 9.17) is 4.74 Å². The Labute approximate surface area is 177 Å². The van der Waals surface area contributed by atoms with Crippen LogP contribution in [0, 0.1) is 11.8 Å². The molecular weight excluding hydrogens is 435 g/mol. The van der Waals surface area contributed by atoms with Crippen LogP contribution >= 0.6 is 0 Å². The first kappa shape index (κ1) is 22.5. The van der Waals surface area contributed by atoms with Crippen LogP contribution in [0.5, 0.6) is 5.75 Å². The van der Waals surface area contributed by atoms with Crippen molar-refractivity contribution in [3.8, 4) is 17.6 Å². The smallest absolute Gasteiger partial charge is 0.416 e. The first-order valence-corrected chi connectivity index (χ1v) is 10.6. The van der Waals surface area contributed by atoms with E-state index in [1.54, 1.807) is 0 Å². The number of nitrogens with one attached hydrogen (secondary N) is 1. The number of carbonyl (C=O) groups excluding carboxylic acids is 1. The third-order valence-corrected chi connectivity index (χ3v) is 5.83. The molecular formula is C21H18F3NO5S. The number of anilines is 1. The maximum absolute atomic E-state index is 13.1. The van der Waals surface area contributed by atoms with E-state index in [1.807, 2.05) is 0 Å². The number of hydrogen-bond donors (Lipinski definition) is 1. The Morgan fingerprint density at radius 1 is 1.23 bits per heavy atom. The molecule has 2 aromatic carbocycles. The van der Waals surface area contributed by atoms with Crippen LogP contribution in [-0.4, -0.2) is 28.1 Å². The van der Waals surface area contributed by atoms with Crippen LogP contribution in [0.1, 0.15) is 29.5 Å². The van der Waals surface area contributed by atoms with Crippen molar-refractivity contribution in [2.45, 2.75) is 30.3 Å². The molecule has 0 aromatic heterocycles. The highest BCUT2D eigenvalue weighted by atomic mass is 32.2. The molecule has 3 rings (SSSR count). The molecule has 0 amide bonds. The second-order valence-electron chi connectivity index (χ2n) is 6.61. The molecule has 0 bridgehead atoms. The lowest BCUT2D eigenvalue weighted by atomic mass is 10.1. The van der Waals surface area contributed by atoms with Gasteiger partial charge in [-0.2, -0.15) is 13.2 Å². The van der Waals surface area contributed by atoms with Crippen molar-refractivity contribution in [3.05, 3.63) is 53.1 Å². The fourth-order valence-corrected chi connectivity index (χ4v) is 4.00. The van der Waals surface area contributed by atoms with E-state index >= 15 is 0 Å². The Morgan fingerprint density at radius 2 is 2.00 bits per heavy atom. The van der Waals surface area contributed by atoms with Gasteiger partial charge >= 0.3 is 12.1 Å². The third-order valence-electron chi connectivity index (χ3n) is 4.47. The van der Waals surface area contributed by atoms with Crippen LogP contribution in [0.25, 0.3) is 0 Å². The molecule has 0 aliphatic carbocycles. The maximum atomic E-state index is 13.1. The minimum Gasteiger partial charge on any atom is -0.493 e. The van der Waals surface area contributed by atoms with Gasteiger partial charge in [-0.3, -0.25) is 9.52 Å². The van der Waals surface area contributed by atoms with E-state index in [-0.39, 0.29) is 29.0 Å². The van der Waals surface area contributed by atoms with Gasteiger partial charge in [0.25, 0.3) is 10.0 Å². The largest absolute Gasteiger partial charge is 0.493 e. The van der Waals surface area contributed by atoms with Crippen LogP contribution in [0.3, 0.4) is 0 Å². The highest BCUT2D eigenvalue weighted by molar-refractivity contribution is 7.92. The predicted octanol–water partition coefficient (Wildman–Crippen LogP) is 3.75. The van der Waals surface area contributed by atoms with Crippen molar-refractivity contribution >= 4 is 21.7 Å². The molecule has 0 atom stereocenters. The number of fused-ring (bicyclic) bond motifs is 1. The lowest BCUT2D eigenvalue weighted by molar-refractivity contribution is -0.140. The molecule has 0 saturated carbocycles. The number of rotatable bonds is 5. The van der Waals surface area contributed by atoms with E-state index < -0.39 is 27.7 Å². The van der Waals surface area contributed by atoms with E-state index in [1.165, 1.54) is 25.3 Å². The molecule has 1 heterocycles. The second kappa shape index (κ2) is 8.89. The zero-order chi connectivity index (χ0) is 22.6. The molecule has 0 radical (unpaired) electrons. The molecule has 31 heavy (non-hydrogen) atoms. The molecule has 164 valence electrons. The molecule has 1 N–H and O–H groups in total. The monoisotopic (exact) mass is 453 g/mol. The summed E-state index contributed by atoms with van der Waals surface area (Å²) in [5.41, 5.74) is -0.497. The minimum absolute atomic E-state index is 0.0405. The van der Waals surface area contributed by atoms with E-state index in [0.29, 0.717) is 18.8 Å². The SMILES string of the molecule is COC(=O)CCC#Cc1cc(C(F)(F)F)ccc1NS(=O)(=O)c1ccc2c(c1)CCO2. The van der Waals surface area contributed by atoms with Crippen LogP contribution in [-0.2, 0) is 32.2 Å². The van der Waals surface area contributed by atoms with Gasteiger partial charge in [0.2, 0.25) is 0 Å². The summed E-state index contributed by atoms with van der Waals surface area (Å²) in [6, 6.07) is 6.92. The Bertz CT molecular complexity index is 1160. The summed E-state index contributed by atoms with van der Waals surface area (Å²) in [4.78, 5) is 11.1. The van der Waals surface area contributed by atoms with Crippen molar-refractivity contribution in [1.29, 1.82) is 0 Å². The molecule has 1 aliphatic heterocycles. The maximum Gasteiger partial charge on any atom is 0.416 e. The number of methoxy groups -OCH3 is 1. The Morgan fingerprint density at radius 3 is 2.71 bits per heavy atom. The van der Waals surface area contributed by atoms with Crippen LogP contribution in [0.2, 0.25) is 0 Å². The molecule has 10 heteroatoms. The lowest BCUT2D eigenvalue weighted by Crippen LogP contribution is -2.15. The van der Waals surface area contributed by atoms with Crippen LogP contribution < -0.4 is 9.46 Å². The van der Waals surface area contributed by atoms with E-state index in [0.717, 1.165) is 23.8 Å². The Balaban J connectivity index is 1.92. The molecule has 0 unspecified atom stereocenters. The quantitative estimate of drug-likeness (QED) is 0.551. The van der Waals surface area contributed by atoms with Gasteiger partial charge in [0.05, 0.1) is 36.3 Å². The first-order valence-electron chi connectivity index (χ1n) is 9.15. The van der Waals surface area contributed by atoms with Crippen molar-refractivity contribution in [2.24, 2.45) is 0 Å². The highest BCUT2D eigenvalue weighted by Crippen LogP contribution is 2.33. The fourth-order valence-electron chi connectivity index (χ4n) is 2.87. The van der Waals surface area contributed by atoms with E-state index in [9.17, 15) is 26.4 Å². The molecule has 0 spiro atoms. The van der Waals surface area contributed by atoms with Gasteiger partial charge in [0, 0.05) is 18.4 Å². The van der Waals surface area contributed by atoms with Gasteiger partial charge in [0.15, 0.2) is 0 Å². The summed E-state index contributed by atoms with van der Waals surface area (Å²) in [5, 5.41) is 0. The average Bonchev–Trinajstić information content (AvgIpc) is 3.18. The first-order chi connectivity index (χ1) is 14.6. The number of sulfonamides is 1. The summed E-state index contributed by atoms with van der Waals surface area (Å²) in [6.07, 6.45) is -4.06. The topological polar surface area (TPSA) is 81.7 Å². The standard InChI is InChI=1S/C21H18F3NO5S/c1-29-20(26)5-3-2-4-14-12-16(21(22,23)24)6-8-18(14)25-31(27,28)17-7-9-19-15(13-17)10-11-30-19/h6-9,12-13,25H,3,5,10-11H2,1H3. The summed E-state index contributed by atoms with van der Waals surface area (Å²) >= 11 is 0. The summed E-state index contributed by atoms with van der Waals surface area (Å²) < 4.78 is 77.1. The molecule has 0 saturated heterocycles. The average molecular weight is 453 g/mol. The summed E-state index contributed by atoms with van der Waals surface area (Å²) in [5.74, 6) is 5.18. The van der Waals surface area contributed by atoms with Gasteiger partial charge in [-0.05, 0) is 42.0 Å². The molecule has 1 aliphatic rings. The Hall–Kier alpha value is -3.19.